The predicted octanol–water partition coefficient (Wildman–Crippen LogP) is 3.59. The Balaban J connectivity index is 1.12. The minimum atomic E-state index is -0.558. The van der Waals surface area contributed by atoms with Gasteiger partial charge in [0.15, 0.2) is 0 Å². The summed E-state index contributed by atoms with van der Waals surface area (Å²) in [5, 5.41) is 7.24. The molecule has 0 aliphatic carbocycles. The minimum Gasteiger partial charge on any atom is -0.370 e. The molecule has 6 rings (SSSR count). The van der Waals surface area contributed by atoms with Gasteiger partial charge < -0.3 is 15.4 Å². The maximum atomic E-state index is 12.7. The van der Waals surface area contributed by atoms with Crippen LogP contribution in [0.4, 0.5) is 5.69 Å². The summed E-state index contributed by atoms with van der Waals surface area (Å²) in [4.78, 5) is 24.0. The van der Waals surface area contributed by atoms with Gasteiger partial charge in [0, 0.05) is 49.2 Å². The summed E-state index contributed by atoms with van der Waals surface area (Å²) in [7, 11) is 0. The van der Waals surface area contributed by atoms with E-state index in [0.29, 0.717) is 17.2 Å². The van der Waals surface area contributed by atoms with E-state index in [-0.39, 0.29) is 11.5 Å². The van der Waals surface area contributed by atoms with E-state index >= 15 is 0 Å². The molecule has 0 bridgehead atoms. The molecule has 3 aliphatic heterocycles. The van der Waals surface area contributed by atoms with E-state index < -0.39 is 5.66 Å². The number of benzene rings is 2. The number of carbonyl (C=O) groups is 1. The Morgan fingerprint density at radius 2 is 1.84 bits per heavy atom. The third-order valence-corrected chi connectivity index (χ3v) is 7.14. The van der Waals surface area contributed by atoms with E-state index in [4.69, 9.17) is 16.3 Å². The van der Waals surface area contributed by atoms with Gasteiger partial charge >= 0.3 is 0 Å². The Hall–Kier alpha value is -2.74. The third-order valence-electron chi connectivity index (χ3n) is 6.91. The molecule has 164 valence electrons. The molecule has 7 nitrogen and oxygen atoms in total. The number of fused-ring (bicyclic) bond motifs is 2. The molecule has 2 saturated heterocycles. The number of carbonyl (C=O) groups excluding carboxylic acids is 1. The van der Waals surface area contributed by atoms with Crippen LogP contribution < -0.4 is 10.6 Å². The van der Waals surface area contributed by atoms with Gasteiger partial charge in [-0.05, 0) is 48.7 Å². The summed E-state index contributed by atoms with van der Waals surface area (Å²) in [6.07, 6.45) is 6.08. The van der Waals surface area contributed by atoms with Crippen LogP contribution in [0.15, 0.2) is 48.8 Å². The number of piperidine rings is 1. The summed E-state index contributed by atoms with van der Waals surface area (Å²) >= 11 is 6.07. The van der Waals surface area contributed by atoms with Gasteiger partial charge in [0.2, 0.25) is 0 Å². The van der Waals surface area contributed by atoms with E-state index in [1.165, 1.54) is 5.56 Å². The van der Waals surface area contributed by atoms with E-state index in [1.54, 1.807) is 18.5 Å². The van der Waals surface area contributed by atoms with Gasteiger partial charge in [-0.1, -0.05) is 17.7 Å². The second-order valence-electron chi connectivity index (χ2n) is 9.16. The van der Waals surface area contributed by atoms with Gasteiger partial charge in [0.05, 0.1) is 28.8 Å². The number of halogens is 1. The lowest BCUT2D eigenvalue weighted by Crippen LogP contribution is -2.59. The van der Waals surface area contributed by atoms with Gasteiger partial charge in [-0.3, -0.25) is 19.7 Å². The molecule has 1 unspecified atom stereocenters. The van der Waals surface area contributed by atoms with Crippen LogP contribution in [0.3, 0.4) is 0 Å². The van der Waals surface area contributed by atoms with Crippen molar-refractivity contribution in [3.05, 3.63) is 64.9 Å². The smallest absolute Gasteiger partial charge is 0.255 e. The standard InChI is InChI=1S/C24H24ClN5O2/c25-17-2-4-19-18(12-17)22(31)29-24(28-19)14-23(32-15-24)5-9-30(10-6-23)13-16-1-3-20-21(11-16)27-8-7-26-20/h1-4,7-8,11-12,28H,5-6,9-10,13-15H2,(H,29,31). The third kappa shape index (κ3) is 3.50. The zero-order valence-electron chi connectivity index (χ0n) is 17.6. The van der Waals surface area contributed by atoms with E-state index in [0.717, 1.165) is 55.6 Å². The number of anilines is 1. The molecule has 1 atom stereocenters. The van der Waals surface area contributed by atoms with Crippen molar-refractivity contribution < 1.29 is 9.53 Å². The molecular formula is C24H24ClN5O2. The zero-order valence-corrected chi connectivity index (χ0v) is 18.4. The summed E-state index contributed by atoms with van der Waals surface area (Å²) in [5.41, 5.74) is 3.72. The second-order valence-corrected chi connectivity index (χ2v) is 9.59. The average molecular weight is 450 g/mol. The number of likely N-dealkylation sites (tertiary alicyclic amines) is 1. The SMILES string of the molecule is O=C1NC2(COC3(CCN(Cc4ccc5nccnc5c4)CC3)C2)Nc2ccc(Cl)cc21. The van der Waals surface area contributed by atoms with E-state index in [2.05, 4.69) is 37.6 Å². The molecule has 3 aromatic rings. The molecule has 3 aliphatic rings. The van der Waals surface area contributed by atoms with Crippen molar-refractivity contribution in [1.29, 1.82) is 0 Å². The van der Waals surface area contributed by atoms with Crippen LogP contribution in [-0.2, 0) is 11.3 Å². The number of amides is 1. The fourth-order valence-corrected chi connectivity index (χ4v) is 5.45. The maximum Gasteiger partial charge on any atom is 0.255 e. The fraction of sp³-hybridized carbons (Fsp3) is 0.375. The number of rotatable bonds is 2. The molecule has 4 heterocycles. The van der Waals surface area contributed by atoms with Crippen LogP contribution in [0.25, 0.3) is 11.0 Å². The lowest BCUT2D eigenvalue weighted by molar-refractivity contribution is -0.0452. The average Bonchev–Trinajstić information content (AvgIpc) is 3.13. The highest BCUT2D eigenvalue weighted by Gasteiger charge is 2.53. The molecule has 2 fully saturated rings. The van der Waals surface area contributed by atoms with Crippen LogP contribution in [0.5, 0.6) is 0 Å². The lowest BCUT2D eigenvalue weighted by Gasteiger charge is -2.41. The zero-order chi connectivity index (χ0) is 21.8. The van der Waals surface area contributed by atoms with Crippen molar-refractivity contribution in [3.63, 3.8) is 0 Å². The molecule has 2 N–H and O–H groups in total. The predicted molar refractivity (Wildman–Crippen MR) is 123 cm³/mol. The van der Waals surface area contributed by atoms with Crippen molar-refractivity contribution >= 4 is 34.2 Å². The summed E-state index contributed by atoms with van der Waals surface area (Å²) in [5.74, 6) is -0.0984. The summed E-state index contributed by atoms with van der Waals surface area (Å²) in [6.45, 7) is 3.25. The molecular weight excluding hydrogens is 426 g/mol. The first kappa shape index (κ1) is 19.9. The number of nitrogens with one attached hydrogen (secondary N) is 2. The maximum absolute atomic E-state index is 12.7. The molecule has 32 heavy (non-hydrogen) atoms. The van der Waals surface area contributed by atoms with Gasteiger partial charge in [0.1, 0.15) is 5.66 Å². The van der Waals surface area contributed by atoms with Crippen LogP contribution in [0.1, 0.15) is 35.2 Å². The van der Waals surface area contributed by atoms with Crippen molar-refractivity contribution in [2.75, 3.05) is 25.0 Å². The number of ether oxygens (including phenoxy) is 1. The molecule has 0 saturated carbocycles. The van der Waals surface area contributed by atoms with Gasteiger partial charge in [-0.2, -0.15) is 0 Å². The lowest BCUT2D eigenvalue weighted by atomic mass is 9.84. The topological polar surface area (TPSA) is 79.4 Å². The number of nitrogens with zero attached hydrogens (tertiary/aromatic N) is 3. The minimum absolute atomic E-state index is 0.0984. The van der Waals surface area contributed by atoms with Gasteiger partial charge in [-0.15, -0.1) is 0 Å². The highest BCUT2D eigenvalue weighted by atomic mass is 35.5. The first-order valence-electron chi connectivity index (χ1n) is 11.0. The number of hydrogen-bond acceptors (Lipinski definition) is 6. The van der Waals surface area contributed by atoms with Crippen molar-refractivity contribution in [2.24, 2.45) is 0 Å². The molecule has 1 aromatic heterocycles. The monoisotopic (exact) mass is 449 g/mol. The van der Waals surface area contributed by atoms with Crippen molar-refractivity contribution in [1.82, 2.24) is 20.2 Å². The van der Waals surface area contributed by atoms with E-state index in [1.807, 2.05) is 18.2 Å². The van der Waals surface area contributed by atoms with Crippen molar-refractivity contribution in [2.45, 2.75) is 37.1 Å². The quantitative estimate of drug-likeness (QED) is 0.622. The largest absolute Gasteiger partial charge is 0.370 e. The Morgan fingerprint density at radius 3 is 2.69 bits per heavy atom. The second kappa shape index (κ2) is 7.40. The molecule has 2 aromatic carbocycles. The van der Waals surface area contributed by atoms with Crippen LogP contribution in [0, 0.1) is 0 Å². The Kier molecular flexibility index (Phi) is 4.61. The van der Waals surface area contributed by atoms with Crippen LogP contribution in [-0.4, -0.2) is 51.7 Å². The summed E-state index contributed by atoms with van der Waals surface area (Å²) < 4.78 is 6.37. The summed E-state index contributed by atoms with van der Waals surface area (Å²) in [6, 6.07) is 11.7. The van der Waals surface area contributed by atoms with E-state index in [9.17, 15) is 4.79 Å². The van der Waals surface area contributed by atoms with Crippen molar-refractivity contribution in [3.8, 4) is 0 Å². The van der Waals surface area contributed by atoms with Gasteiger partial charge in [0.25, 0.3) is 5.91 Å². The first-order chi connectivity index (χ1) is 15.5. The fourth-order valence-electron chi connectivity index (χ4n) is 5.28. The number of hydrogen-bond donors (Lipinski definition) is 2. The van der Waals surface area contributed by atoms with Gasteiger partial charge in [-0.25, -0.2) is 0 Å². The molecule has 0 radical (unpaired) electrons. The Labute approximate surface area is 191 Å². The normalized spacial score (nSPS) is 24.5. The number of aromatic nitrogens is 2. The van der Waals surface area contributed by atoms with Crippen LogP contribution in [0.2, 0.25) is 5.02 Å². The molecule has 8 heteroatoms. The first-order valence-corrected chi connectivity index (χ1v) is 11.4. The Bertz CT molecular complexity index is 1210. The molecule has 1 amide bonds. The Morgan fingerprint density at radius 1 is 1.03 bits per heavy atom. The molecule has 2 spiro atoms. The highest BCUT2D eigenvalue weighted by Crippen LogP contribution is 2.43. The van der Waals surface area contributed by atoms with Crippen LogP contribution >= 0.6 is 11.6 Å². The highest BCUT2D eigenvalue weighted by molar-refractivity contribution is 6.31.